The van der Waals surface area contributed by atoms with Gasteiger partial charge in [-0.1, -0.05) is 32.8 Å². The number of likely N-dealkylation sites (tertiary alicyclic amines) is 1. The first-order valence-corrected chi connectivity index (χ1v) is 10.2. The SMILES string of the molecule is CCC(CC)C1CCN(C(=NC)NCC(=O)N(C)CCc2ccccn2)C1.I. The van der Waals surface area contributed by atoms with Crippen molar-refractivity contribution in [3.8, 4) is 0 Å². The van der Waals surface area contributed by atoms with Crippen LogP contribution in [-0.2, 0) is 11.2 Å². The van der Waals surface area contributed by atoms with Crippen LogP contribution in [0, 0.1) is 11.8 Å². The second-order valence-electron chi connectivity index (χ2n) is 7.36. The van der Waals surface area contributed by atoms with Crippen molar-refractivity contribution in [1.82, 2.24) is 20.1 Å². The van der Waals surface area contributed by atoms with Gasteiger partial charge >= 0.3 is 0 Å². The summed E-state index contributed by atoms with van der Waals surface area (Å²) in [6.45, 7) is 7.56. The van der Waals surface area contributed by atoms with E-state index in [1.54, 1.807) is 18.1 Å². The number of nitrogens with zero attached hydrogens (tertiary/aromatic N) is 4. The monoisotopic (exact) mass is 501 g/mol. The maximum Gasteiger partial charge on any atom is 0.241 e. The quantitative estimate of drug-likeness (QED) is 0.338. The minimum absolute atomic E-state index is 0. The van der Waals surface area contributed by atoms with Crippen molar-refractivity contribution in [2.45, 2.75) is 39.5 Å². The highest BCUT2D eigenvalue weighted by molar-refractivity contribution is 14.0. The third-order valence-electron chi connectivity index (χ3n) is 5.70. The normalized spacial score (nSPS) is 16.8. The number of nitrogens with one attached hydrogen (secondary N) is 1. The first-order valence-electron chi connectivity index (χ1n) is 10.2. The second-order valence-corrected chi connectivity index (χ2v) is 7.36. The largest absolute Gasteiger partial charge is 0.347 e. The Labute approximate surface area is 187 Å². The average Bonchev–Trinajstić information content (AvgIpc) is 3.18. The molecule has 28 heavy (non-hydrogen) atoms. The van der Waals surface area contributed by atoms with Gasteiger partial charge in [-0.25, -0.2) is 0 Å². The van der Waals surface area contributed by atoms with Crippen LogP contribution in [0.25, 0.3) is 0 Å². The number of pyridine rings is 1. The number of aliphatic imine (C=N–C) groups is 1. The van der Waals surface area contributed by atoms with Crippen LogP contribution in [-0.4, -0.2) is 66.9 Å². The molecule has 0 aromatic carbocycles. The molecule has 158 valence electrons. The average molecular weight is 501 g/mol. The van der Waals surface area contributed by atoms with Gasteiger partial charge in [0, 0.05) is 52.0 Å². The summed E-state index contributed by atoms with van der Waals surface area (Å²) in [6, 6.07) is 5.86. The molecule has 7 heteroatoms. The molecule has 1 aliphatic heterocycles. The topological polar surface area (TPSA) is 60.8 Å². The van der Waals surface area contributed by atoms with Crippen LogP contribution in [0.3, 0.4) is 0 Å². The number of hydrogen-bond acceptors (Lipinski definition) is 3. The molecule has 1 atom stereocenters. The predicted molar refractivity (Wildman–Crippen MR) is 126 cm³/mol. The molecule has 1 fully saturated rings. The summed E-state index contributed by atoms with van der Waals surface area (Å²) in [7, 11) is 3.64. The Hall–Kier alpha value is -1.38. The van der Waals surface area contributed by atoms with Crippen molar-refractivity contribution < 1.29 is 4.79 Å². The van der Waals surface area contributed by atoms with E-state index in [9.17, 15) is 4.79 Å². The molecular formula is C21H36IN5O. The summed E-state index contributed by atoms with van der Waals surface area (Å²) in [5.74, 6) is 2.43. The number of halogens is 1. The van der Waals surface area contributed by atoms with Crippen LogP contribution in [0.5, 0.6) is 0 Å². The molecule has 1 saturated heterocycles. The van der Waals surface area contributed by atoms with Crippen molar-refractivity contribution in [3.63, 3.8) is 0 Å². The summed E-state index contributed by atoms with van der Waals surface area (Å²) in [5.41, 5.74) is 1.01. The lowest BCUT2D eigenvalue weighted by atomic mass is 9.87. The van der Waals surface area contributed by atoms with Crippen molar-refractivity contribution in [2.75, 3.05) is 40.3 Å². The van der Waals surface area contributed by atoms with Gasteiger partial charge in [0.1, 0.15) is 0 Å². The molecule has 6 nitrogen and oxygen atoms in total. The minimum atomic E-state index is 0. The molecule has 1 N–H and O–H groups in total. The van der Waals surface area contributed by atoms with E-state index in [-0.39, 0.29) is 36.4 Å². The maximum atomic E-state index is 12.4. The lowest BCUT2D eigenvalue weighted by Gasteiger charge is -2.25. The van der Waals surface area contributed by atoms with Crippen molar-refractivity contribution in [2.24, 2.45) is 16.8 Å². The fraction of sp³-hybridized carbons (Fsp3) is 0.667. The van der Waals surface area contributed by atoms with Crippen LogP contribution in [0.15, 0.2) is 29.4 Å². The molecule has 0 aliphatic carbocycles. The van der Waals surface area contributed by atoms with Gasteiger partial charge in [-0.3, -0.25) is 14.8 Å². The van der Waals surface area contributed by atoms with Crippen LogP contribution < -0.4 is 5.32 Å². The molecule has 0 radical (unpaired) electrons. The third kappa shape index (κ3) is 7.22. The van der Waals surface area contributed by atoms with E-state index in [2.05, 4.69) is 34.0 Å². The van der Waals surface area contributed by atoms with Gasteiger partial charge in [-0.2, -0.15) is 0 Å². The van der Waals surface area contributed by atoms with Gasteiger partial charge in [0.25, 0.3) is 0 Å². The maximum absolute atomic E-state index is 12.4. The molecule has 1 unspecified atom stereocenters. The number of guanidine groups is 1. The van der Waals surface area contributed by atoms with E-state index < -0.39 is 0 Å². The van der Waals surface area contributed by atoms with E-state index in [0.717, 1.165) is 43.0 Å². The van der Waals surface area contributed by atoms with Gasteiger partial charge in [-0.15, -0.1) is 24.0 Å². The lowest BCUT2D eigenvalue weighted by molar-refractivity contribution is -0.128. The zero-order chi connectivity index (χ0) is 19.6. The number of carbonyl (C=O) groups is 1. The molecule has 1 amide bonds. The fourth-order valence-electron chi connectivity index (χ4n) is 3.89. The van der Waals surface area contributed by atoms with Gasteiger partial charge in [0.2, 0.25) is 5.91 Å². The first-order chi connectivity index (χ1) is 13.1. The number of aromatic nitrogens is 1. The standard InChI is InChI=1S/C21H35N5O.HI/c1-5-17(6-2)18-10-14-26(16-18)21(22-3)24-15-20(27)25(4)13-11-19-9-7-8-12-23-19;/h7-9,12,17-18H,5-6,10-11,13-16H2,1-4H3,(H,22,24);1H. The molecule has 0 spiro atoms. The van der Waals surface area contributed by atoms with Crippen molar-refractivity contribution >= 4 is 35.8 Å². The summed E-state index contributed by atoms with van der Waals surface area (Å²) in [4.78, 5) is 25.2. The lowest BCUT2D eigenvalue weighted by Crippen LogP contribution is -2.45. The summed E-state index contributed by atoms with van der Waals surface area (Å²) in [6.07, 6.45) is 6.24. The highest BCUT2D eigenvalue weighted by Crippen LogP contribution is 2.28. The Morgan fingerprint density at radius 2 is 2.14 bits per heavy atom. The number of carbonyl (C=O) groups excluding carboxylic acids is 1. The molecular weight excluding hydrogens is 465 g/mol. The molecule has 1 aliphatic rings. The van der Waals surface area contributed by atoms with E-state index in [4.69, 9.17) is 0 Å². The zero-order valence-electron chi connectivity index (χ0n) is 17.7. The Morgan fingerprint density at radius 1 is 1.39 bits per heavy atom. The molecule has 2 heterocycles. The van der Waals surface area contributed by atoms with E-state index in [0.29, 0.717) is 6.54 Å². The number of hydrogen-bond donors (Lipinski definition) is 1. The Kier molecular flexibility index (Phi) is 11.4. The highest BCUT2D eigenvalue weighted by atomic mass is 127. The number of likely N-dealkylation sites (N-methyl/N-ethyl adjacent to an activating group) is 1. The van der Waals surface area contributed by atoms with Gasteiger partial charge < -0.3 is 15.1 Å². The van der Waals surface area contributed by atoms with E-state index in [1.807, 2.05) is 25.2 Å². The molecule has 1 aromatic heterocycles. The van der Waals surface area contributed by atoms with Crippen LogP contribution in [0.4, 0.5) is 0 Å². The van der Waals surface area contributed by atoms with Gasteiger partial charge in [0.15, 0.2) is 5.96 Å². The van der Waals surface area contributed by atoms with Gasteiger partial charge in [-0.05, 0) is 30.4 Å². The third-order valence-corrected chi connectivity index (χ3v) is 5.70. The smallest absolute Gasteiger partial charge is 0.241 e. The van der Waals surface area contributed by atoms with Crippen LogP contribution in [0.1, 0.15) is 38.8 Å². The Balaban J connectivity index is 0.00000392. The highest BCUT2D eigenvalue weighted by Gasteiger charge is 2.29. The summed E-state index contributed by atoms with van der Waals surface area (Å²) >= 11 is 0. The minimum Gasteiger partial charge on any atom is -0.347 e. The van der Waals surface area contributed by atoms with Crippen molar-refractivity contribution in [1.29, 1.82) is 0 Å². The molecule has 0 saturated carbocycles. The number of rotatable bonds is 8. The summed E-state index contributed by atoms with van der Waals surface area (Å²) in [5, 5.41) is 3.25. The Bertz CT molecular complexity index is 606. The predicted octanol–water partition coefficient (Wildman–Crippen LogP) is 3.03. The van der Waals surface area contributed by atoms with Crippen LogP contribution >= 0.6 is 24.0 Å². The molecule has 0 bridgehead atoms. The summed E-state index contributed by atoms with van der Waals surface area (Å²) < 4.78 is 0. The second kappa shape index (κ2) is 13.0. The first kappa shape index (κ1) is 24.7. The zero-order valence-corrected chi connectivity index (χ0v) is 20.1. The Morgan fingerprint density at radius 3 is 2.75 bits per heavy atom. The van der Waals surface area contributed by atoms with E-state index >= 15 is 0 Å². The van der Waals surface area contributed by atoms with Crippen molar-refractivity contribution in [3.05, 3.63) is 30.1 Å². The molecule has 1 aromatic rings. The molecule has 2 rings (SSSR count). The van der Waals surface area contributed by atoms with E-state index in [1.165, 1.54) is 19.3 Å². The number of amides is 1. The fourth-order valence-corrected chi connectivity index (χ4v) is 3.89. The van der Waals surface area contributed by atoms with Gasteiger partial charge in [0.05, 0.1) is 6.54 Å². The van der Waals surface area contributed by atoms with Crippen LogP contribution in [0.2, 0.25) is 0 Å².